The fraction of sp³-hybridized carbons (Fsp3) is 0.172. The monoisotopic (exact) mass is 424 g/mol. The molecule has 156 valence electrons. The first-order valence-corrected chi connectivity index (χ1v) is 13.6. The number of benzene rings is 4. The minimum atomic E-state index is -3.08. The first kappa shape index (κ1) is 20.0. The Balaban J connectivity index is 2.05. The number of hydrogen-bond acceptors (Lipinski definition) is 1. The van der Waals surface area contributed by atoms with Crippen LogP contribution in [0.2, 0.25) is 0 Å². The van der Waals surface area contributed by atoms with Crippen LogP contribution in [0.1, 0.15) is 25.7 Å². The number of aromatic hydroxyl groups is 1. The van der Waals surface area contributed by atoms with Crippen LogP contribution in [0.15, 0.2) is 115 Å². The van der Waals surface area contributed by atoms with E-state index >= 15 is 0 Å². The van der Waals surface area contributed by atoms with E-state index < -0.39 is 6.60 Å². The molecule has 0 amide bonds. The number of hydrogen-bond donors (Lipinski definition) is 1. The summed E-state index contributed by atoms with van der Waals surface area (Å²) in [6.07, 6.45) is 4.98. The van der Waals surface area contributed by atoms with Gasteiger partial charge in [0.2, 0.25) is 0 Å². The van der Waals surface area contributed by atoms with Crippen LogP contribution in [-0.4, -0.2) is 10.8 Å². The molecule has 1 N–H and O–H groups in total. The maximum absolute atomic E-state index is 10.2. The molecule has 1 nitrogen and oxygen atoms in total. The molecular weight excluding hydrogens is 395 g/mol. The van der Waals surface area contributed by atoms with Crippen molar-refractivity contribution in [2.75, 3.05) is 0 Å². The summed E-state index contributed by atoms with van der Waals surface area (Å²) < 4.78 is 0. The Hall–Kier alpha value is -2.89. The Labute approximate surface area is 185 Å². The Morgan fingerprint density at radius 2 is 0.839 bits per heavy atom. The molecule has 2 heteroatoms. The predicted octanol–water partition coefficient (Wildman–Crippen LogP) is 5.49. The van der Waals surface area contributed by atoms with E-state index in [1.165, 1.54) is 46.9 Å². The third-order valence-corrected chi connectivity index (χ3v) is 14.8. The van der Waals surface area contributed by atoms with E-state index in [-0.39, 0.29) is 0 Å². The van der Waals surface area contributed by atoms with Gasteiger partial charge in [-0.15, -0.1) is 0 Å². The summed E-state index contributed by atoms with van der Waals surface area (Å²) in [5, 5.41) is 15.8. The van der Waals surface area contributed by atoms with Crippen LogP contribution in [0.3, 0.4) is 0 Å². The zero-order valence-electron chi connectivity index (χ0n) is 17.8. The fourth-order valence-electron chi connectivity index (χ4n) is 6.13. The van der Waals surface area contributed by atoms with Gasteiger partial charge in [-0.2, -0.15) is 0 Å². The van der Waals surface area contributed by atoms with Gasteiger partial charge in [0.05, 0.1) is 0 Å². The first-order valence-electron chi connectivity index (χ1n) is 11.2. The van der Waals surface area contributed by atoms with E-state index in [4.69, 9.17) is 0 Å². The Morgan fingerprint density at radius 1 is 0.484 bits per heavy atom. The van der Waals surface area contributed by atoms with Crippen molar-refractivity contribution in [2.45, 2.75) is 31.3 Å². The zero-order valence-corrected chi connectivity index (χ0v) is 18.7. The number of rotatable bonds is 5. The summed E-state index contributed by atoms with van der Waals surface area (Å²) in [5.74, 6) is 0.320. The summed E-state index contributed by atoms with van der Waals surface area (Å²) in [6, 6.07) is 41.8. The SMILES string of the molecule is Oc1ccc(P(c2ccccc2)(c2ccccc2)(c2ccccc2)C2CCCC2)cc1. The van der Waals surface area contributed by atoms with Gasteiger partial charge in [0.15, 0.2) is 0 Å². The maximum atomic E-state index is 10.2. The Morgan fingerprint density at radius 3 is 1.23 bits per heavy atom. The molecule has 0 aliphatic heterocycles. The van der Waals surface area contributed by atoms with Gasteiger partial charge in [-0.05, 0) is 0 Å². The second-order valence-electron chi connectivity index (χ2n) is 8.65. The van der Waals surface area contributed by atoms with E-state index in [2.05, 4.69) is 103 Å². The van der Waals surface area contributed by atoms with Crippen LogP contribution < -0.4 is 21.2 Å². The van der Waals surface area contributed by atoms with Crippen molar-refractivity contribution in [3.63, 3.8) is 0 Å². The summed E-state index contributed by atoms with van der Waals surface area (Å²) in [7, 11) is 0. The van der Waals surface area contributed by atoms with Crippen LogP contribution >= 0.6 is 6.60 Å². The summed E-state index contributed by atoms with van der Waals surface area (Å²) in [4.78, 5) is 0. The average molecular weight is 425 g/mol. The van der Waals surface area contributed by atoms with Gasteiger partial charge >= 0.3 is 185 Å². The standard InChI is InChI=1S/C29H29OP/c30-24-20-22-29(23-21-24)31(28-18-10-11-19-28,25-12-4-1-5-13-25,26-14-6-2-7-15-26)27-16-8-3-9-17-27/h1-9,12-17,20-23,28,30H,10-11,18-19H2. The van der Waals surface area contributed by atoms with E-state index in [1.54, 1.807) is 0 Å². The Kier molecular flexibility index (Phi) is 5.16. The molecule has 31 heavy (non-hydrogen) atoms. The molecule has 0 spiro atoms. The van der Waals surface area contributed by atoms with Gasteiger partial charge in [-0.1, -0.05) is 0 Å². The van der Waals surface area contributed by atoms with E-state index in [9.17, 15) is 5.11 Å². The van der Waals surface area contributed by atoms with Gasteiger partial charge in [0, 0.05) is 0 Å². The molecule has 0 heterocycles. The van der Waals surface area contributed by atoms with Crippen molar-refractivity contribution in [3.8, 4) is 5.75 Å². The van der Waals surface area contributed by atoms with Crippen LogP contribution in [-0.2, 0) is 0 Å². The second kappa shape index (κ2) is 7.98. The first-order chi connectivity index (χ1) is 15.3. The summed E-state index contributed by atoms with van der Waals surface area (Å²) in [6.45, 7) is -3.08. The van der Waals surface area contributed by atoms with Crippen molar-refractivity contribution in [1.82, 2.24) is 0 Å². The van der Waals surface area contributed by atoms with Crippen molar-refractivity contribution in [1.29, 1.82) is 0 Å². The van der Waals surface area contributed by atoms with Gasteiger partial charge in [-0.25, -0.2) is 0 Å². The molecule has 0 saturated heterocycles. The van der Waals surface area contributed by atoms with Crippen molar-refractivity contribution < 1.29 is 5.11 Å². The van der Waals surface area contributed by atoms with Crippen molar-refractivity contribution in [3.05, 3.63) is 115 Å². The van der Waals surface area contributed by atoms with Gasteiger partial charge in [0.25, 0.3) is 0 Å². The molecule has 1 saturated carbocycles. The van der Waals surface area contributed by atoms with Crippen LogP contribution in [0.4, 0.5) is 0 Å². The molecule has 0 unspecified atom stereocenters. The topological polar surface area (TPSA) is 20.2 Å². The van der Waals surface area contributed by atoms with E-state index in [0.29, 0.717) is 11.4 Å². The minimum absolute atomic E-state index is 0.320. The molecule has 1 aliphatic rings. The van der Waals surface area contributed by atoms with E-state index in [0.717, 1.165) is 0 Å². The summed E-state index contributed by atoms with van der Waals surface area (Å²) >= 11 is 0. The predicted molar refractivity (Wildman–Crippen MR) is 135 cm³/mol. The Bertz CT molecular complexity index is 1030. The molecule has 0 bridgehead atoms. The van der Waals surface area contributed by atoms with Gasteiger partial charge in [-0.3, -0.25) is 0 Å². The molecule has 5 rings (SSSR count). The molecule has 0 aromatic heterocycles. The molecular formula is C29H29OP. The van der Waals surface area contributed by atoms with Crippen molar-refractivity contribution in [2.24, 2.45) is 0 Å². The number of phenols is 1. The quantitative estimate of drug-likeness (QED) is 0.420. The van der Waals surface area contributed by atoms with Crippen LogP contribution in [0.5, 0.6) is 5.75 Å². The molecule has 0 atom stereocenters. The van der Waals surface area contributed by atoms with Crippen molar-refractivity contribution >= 4 is 27.8 Å². The van der Waals surface area contributed by atoms with Crippen LogP contribution in [0, 0.1) is 0 Å². The van der Waals surface area contributed by atoms with Crippen LogP contribution in [0.25, 0.3) is 0 Å². The fourth-order valence-corrected chi connectivity index (χ4v) is 14.1. The second-order valence-corrected chi connectivity index (χ2v) is 13.8. The normalized spacial score (nSPS) is 15.9. The zero-order chi connectivity index (χ0) is 21.2. The summed E-state index contributed by atoms with van der Waals surface area (Å²) in [5.41, 5.74) is 0.530. The average Bonchev–Trinajstić information content (AvgIpc) is 3.39. The van der Waals surface area contributed by atoms with E-state index in [1.807, 2.05) is 12.1 Å². The molecule has 1 fully saturated rings. The van der Waals surface area contributed by atoms with Gasteiger partial charge in [0.1, 0.15) is 0 Å². The third kappa shape index (κ3) is 2.80. The molecule has 4 aromatic rings. The third-order valence-electron chi connectivity index (χ3n) is 7.32. The molecule has 4 aromatic carbocycles. The molecule has 1 aliphatic carbocycles. The molecule has 0 radical (unpaired) electrons. The van der Waals surface area contributed by atoms with Gasteiger partial charge < -0.3 is 0 Å². The number of phenolic OH excluding ortho intramolecular Hbond substituents is 1.